The summed E-state index contributed by atoms with van der Waals surface area (Å²) in [5, 5.41) is 18.4. The van der Waals surface area contributed by atoms with E-state index >= 15 is 0 Å². The molecule has 0 saturated carbocycles. The number of aliphatic hydroxyl groups excluding tert-OH is 1. The fourth-order valence-corrected chi connectivity index (χ4v) is 1.70. The number of fused-ring (bicyclic) bond motifs is 1. The van der Waals surface area contributed by atoms with Gasteiger partial charge in [-0.2, -0.15) is 0 Å². The van der Waals surface area contributed by atoms with Crippen LogP contribution in [0.25, 0.3) is 10.9 Å². The van der Waals surface area contributed by atoms with Crippen molar-refractivity contribution < 1.29 is 19.4 Å². The molecule has 0 saturated heterocycles. The number of H-pyrrole nitrogens is 1. The van der Waals surface area contributed by atoms with Gasteiger partial charge in [-0.15, -0.1) is 0 Å². The van der Waals surface area contributed by atoms with Crippen LogP contribution in [-0.4, -0.2) is 21.2 Å². The lowest BCUT2D eigenvalue weighted by Gasteiger charge is -2.06. The first kappa shape index (κ1) is 10.6. The summed E-state index contributed by atoms with van der Waals surface area (Å²) in [6.45, 7) is 0. The van der Waals surface area contributed by atoms with E-state index in [4.69, 9.17) is 5.11 Å². The fraction of sp³-hybridized carbons (Fsp3) is 0.182. The quantitative estimate of drug-likeness (QED) is 0.743. The van der Waals surface area contributed by atoms with Gasteiger partial charge in [0.15, 0.2) is 0 Å². The van der Waals surface area contributed by atoms with Crippen LogP contribution in [0.3, 0.4) is 0 Å². The van der Waals surface area contributed by atoms with Gasteiger partial charge in [-0.05, 0) is 12.1 Å². The van der Waals surface area contributed by atoms with Crippen LogP contribution >= 0.6 is 0 Å². The van der Waals surface area contributed by atoms with E-state index in [0.29, 0.717) is 5.52 Å². The van der Waals surface area contributed by atoms with Gasteiger partial charge in [0.25, 0.3) is 0 Å². The molecule has 1 aromatic carbocycles. The molecule has 16 heavy (non-hydrogen) atoms. The molecule has 0 aliphatic heterocycles. The van der Waals surface area contributed by atoms with Crippen LogP contribution in [-0.2, 0) is 4.79 Å². The van der Waals surface area contributed by atoms with Gasteiger partial charge in [-0.25, -0.2) is 4.39 Å². The number of aliphatic hydroxyl groups is 1. The first-order chi connectivity index (χ1) is 7.59. The number of nitrogens with one attached hydrogen (secondary N) is 1. The Morgan fingerprint density at radius 3 is 2.94 bits per heavy atom. The zero-order valence-electron chi connectivity index (χ0n) is 8.27. The molecule has 0 fully saturated rings. The van der Waals surface area contributed by atoms with Crippen molar-refractivity contribution in [3.8, 4) is 0 Å². The molecule has 5 heteroatoms. The third-order valence-corrected chi connectivity index (χ3v) is 2.41. The summed E-state index contributed by atoms with van der Waals surface area (Å²) in [6, 6.07) is 4.48. The summed E-state index contributed by atoms with van der Waals surface area (Å²) in [4.78, 5) is 13.3. The number of aromatic nitrogens is 1. The molecule has 0 radical (unpaired) electrons. The van der Waals surface area contributed by atoms with E-state index in [9.17, 15) is 14.3 Å². The van der Waals surface area contributed by atoms with Crippen molar-refractivity contribution in [1.82, 2.24) is 4.98 Å². The maximum Gasteiger partial charge on any atom is 0.306 e. The Morgan fingerprint density at radius 1 is 1.50 bits per heavy atom. The number of carboxylic acids is 1. The fourth-order valence-electron chi connectivity index (χ4n) is 1.70. The van der Waals surface area contributed by atoms with Crippen LogP contribution in [0.4, 0.5) is 4.39 Å². The number of aromatic amines is 1. The van der Waals surface area contributed by atoms with Gasteiger partial charge in [-0.3, -0.25) is 4.79 Å². The van der Waals surface area contributed by atoms with E-state index in [1.807, 2.05) is 0 Å². The molecule has 0 aliphatic rings. The van der Waals surface area contributed by atoms with Crippen molar-refractivity contribution in [3.63, 3.8) is 0 Å². The van der Waals surface area contributed by atoms with Crippen molar-refractivity contribution in [2.45, 2.75) is 12.5 Å². The highest BCUT2D eigenvalue weighted by atomic mass is 19.1. The number of hydrogen-bond acceptors (Lipinski definition) is 2. The van der Waals surface area contributed by atoms with Crippen molar-refractivity contribution in [1.29, 1.82) is 0 Å². The number of aliphatic carboxylic acids is 1. The minimum atomic E-state index is -1.21. The zero-order chi connectivity index (χ0) is 11.7. The van der Waals surface area contributed by atoms with Crippen LogP contribution in [0.2, 0.25) is 0 Å². The van der Waals surface area contributed by atoms with E-state index in [1.165, 1.54) is 12.3 Å². The van der Waals surface area contributed by atoms with Gasteiger partial charge in [0.2, 0.25) is 0 Å². The van der Waals surface area contributed by atoms with Crippen molar-refractivity contribution >= 4 is 16.9 Å². The molecule has 4 nitrogen and oxygen atoms in total. The SMILES string of the molecule is O=C(O)C[C@@H](O)c1c[nH]c2cccc(F)c12. The first-order valence-corrected chi connectivity index (χ1v) is 4.75. The number of carbonyl (C=O) groups is 1. The van der Waals surface area contributed by atoms with E-state index in [2.05, 4.69) is 4.98 Å². The maximum atomic E-state index is 13.5. The largest absolute Gasteiger partial charge is 0.481 e. The molecule has 0 aliphatic carbocycles. The highest BCUT2D eigenvalue weighted by Gasteiger charge is 2.18. The Bertz CT molecular complexity index is 535. The molecule has 0 unspecified atom stereocenters. The Kier molecular flexibility index (Phi) is 2.62. The van der Waals surface area contributed by atoms with E-state index in [0.717, 1.165) is 0 Å². The molecule has 2 rings (SSSR count). The number of hydrogen-bond donors (Lipinski definition) is 3. The standard InChI is InChI=1S/C11H10FNO3/c12-7-2-1-3-8-11(7)6(5-13-8)9(14)4-10(15)16/h1-3,5,9,13-14H,4H2,(H,15,16)/t9-/m1/s1. The Labute approximate surface area is 90.3 Å². The van der Waals surface area contributed by atoms with Crippen molar-refractivity contribution in [3.05, 3.63) is 35.8 Å². The predicted molar refractivity (Wildman–Crippen MR) is 55.5 cm³/mol. The van der Waals surface area contributed by atoms with E-state index < -0.39 is 24.3 Å². The van der Waals surface area contributed by atoms with Crippen molar-refractivity contribution in [2.75, 3.05) is 0 Å². The average Bonchev–Trinajstić information content (AvgIpc) is 2.61. The smallest absolute Gasteiger partial charge is 0.306 e. The number of carboxylic acid groups (broad SMARTS) is 1. The van der Waals surface area contributed by atoms with Gasteiger partial charge < -0.3 is 15.2 Å². The van der Waals surface area contributed by atoms with Gasteiger partial charge >= 0.3 is 5.97 Å². The van der Waals surface area contributed by atoms with Crippen LogP contribution in [0.15, 0.2) is 24.4 Å². The zero-order valence-corrected chi connectivity index (χ0v) is 8.27. The Morgan fingerprint density at radius 2 is 2.25 bits per heavy atom. The maximum absolute atomic E-state index is 13.5. The molecule has 3 N–H and O–H groups in total. The third kappa shape index (κ3) is 1.77. The molecule has 0 bridgehead atoms. The lowest BCUT2D eigenvalue weighted by molar-refractivity contribution is -0.139. The van der Waals surface area contributed by atoms with Gasteiger partial charge in [-0.1, -0.05) is 6.07 Å². The molecular weight excluding hydrogens is 213 g/mol. The predicted octanol–water partition coefficient (Wildman–Crippen LogP) is 1.82. The minimum Gasteiger partial charge on any atom is -0.481 e. The summed E-state index contributed by atoms with van der Waals surface area (Å²) in [5.41, 5.74) is 0.815. The molecule has 84 valence electrons. The number of halogens is 1. The normalized spacial score (nSPS) is 12.9. The summed E-state index contributed by atoms with van der Waals surface area (Å²) in [7, 11) is 0. The van der Waals surface area contributed by atoms with Crippen molar-refractivity contribution in [2.24, 2.45) is 0 Å². The van der Waals surface area contributed by atoms with Crippen LogP contribution < -0.4 is 0 Å². The minimum absolute atomic E-state index is 0.247. The monoisotopic (exact) mass is 223 g/mol. The lowest BCUT2D eigenvalue weighted by atomic mass is 10.1. The molecule has 0 amide bonds. The van der Waals surface area contributed by atoms with E-state index in [1.54, 1.807) is 12.1 Å². The van der Waals surface area contributed by atoms with Crippen LogP contribution in [0.1, 0.15) is 18.1 Å². The summed E-state index contributed by atoms with van der Waals surface area (Å²) >= 11 is 0. The van der Waals surface area contributed by atoms with Gasteiger partial charge in [0, 0.05) is 22.7 Å². The molecule has 2 aromatic rings. The molecule has 1 atom stereocenters. The Balaban J connectivity index is 2.48. The highest BCUT2D eigenvalue weighted by Crippen LogP contribution is 2.28. The second-order valence-electron chi connectivity index (χ2n) is 3.52. The second kappa shape index (κ2) is 3.94. The lowest BCUT2D eigenvalue weighted by Crippen LogP contribution is -2.05. The second-order valence-corrected chi connectivity index (χ2v) is 3.52. The molecular formula is C11H10FNO3. The number of benzene rings is 1. The van der Waals surface area contributed by atoms with Gasteiger partial charge in [0.05, 0.1) is 12.5 Å². The summed E-state index contributed by atoms with van der Waals surface area (Å²) < 4.78 is 13.5. The number of rotatable bonds is 3. The Hall–Kier alpha value is -1.88. The molecule has 0 spiro atoms. The first-order valence-electron chi connectivity index (χ1n) is 4.75. The van der Waals surface area contributed by atoms with Gasteiger partial charge in [0.1, 0.15) is 5.82 Å². The average molecular weight is 223 g/mol. The van der Waals surface area contributed by atoms with Crippen LogP contribution in [0, 0.1) is 5.82 Å². The van der Waals surface area contributed by atoms with E-state index in [-0.39, 0.29) is 10.9 Å². The summed E-state index contributed by atoms with van der Waals surface area (Å²) in [5.74, 6) is -1.60. The highest BCUT2D eigenvalue weighted by molar-refractivity contribution is 5.84. The molecule has 1 aromatic heterocycles. The summed E-state index contributed by atoms with van der Waals surface area (Å²) in [6.07, 6.45) is -0.217. The topological polar surface area (TPSA) is 73.3 Å². The third-order valence-electron chi connectivity index (χ3n) is 2.41. The molecule has 1 heterocycles. The van der Waals surface area contributed by atoms with Crippen LogP contribution in [0.5, 0.6) is 0 Å².